The quantitative estimate of drug-likeness (QED) is 0.734. The highest BCUT2D eigenvalue weighted by atomic mass is 16.3. The summed E-state index contributed by atoms with van der Waals surface area (Å²) in [5.74, 6) is 1.65. The molecule has 3 N–H and O–H groups in total. The van der Waals surface area contributed by atoms with Gasteiger partial charge in [-0.25, -0.2) is 0 Å². The summed E-state index contributed by atoms with van der Waals surface area (Å²) in [5.41, 5.74) is 2.37. The SMILES string of the molecule is CCc1ccc(C(C)Nc2cccc(C(=O)NCCO)c2C)o1. The smallest absolute Gasteiger partial charge is 0.251 e. The number of benzene rings is 1. The largest absolute Gasteiger partial charge is 0.464 e. The summed E-state index contributed by atoms with van der Waals surface area (Å²) in [6, 6.07) is 9.53. The Morgan fingerprint density at radius 1 is 1.30 bits per heavy atom. The van der Waals surface area contributed by atoms with Gasteiger partial charge in [0.2, 0.25) is 0 Å². The summed E-state index contributed by atoms with van der Waals surface area (Å²) in [5, 5.41) is 14.9. The number of hydrogen-bond acceptors (Lipinski definition) is 4. The number of aliphatic hydroxyl groups excluding tert-OH is 1. The molecule has 0 spiro atoms. The molecule has 0 saturated carbocycles. The minimum Gasteiger partial charge on any atom is -0.464 e. The van der Waals surface area contributed by atoms with Crippen molar-refractivity contribution in [1.82, 2.24) is 5.32 Å². The number of nitrogens with one attached hydrogen (secondary N) is 2. The van der Waals surface area contributed by atoms with Crippen molar-refractivity contribution >= 4 is 11.6 Å². The van der Waals surface area contributed by atoms with Crippen LogP contribution in [0.25, 0.3) is 0 Å². The Kier molecular flexibility index (Phi) is 5.82. The highest BCUT2D eigenvalue weighted by Gasteiger charge is 2.15. The number of aryl methyl sites for hydroxylation is 1. The summed E-state index contributed by atoms with van der Waals surface area (Å²) >= 11 is 0. The van der Waals surface area contributed by atoms with E-state index >= 15 is 0 Å². The fourth-order valence-electron chi connectivity index (χ4n) is 2.42. The molecule has 0 aliphatic rings. The van der Waals surface area contributed by atoms with E-state index in [0.717, 1.165) is 29.2 Å². The zero-order valence-corrected chi connectivity index (χ0v) is 13.8. The molecule has 0 aliphatic heterocycles. The molecule has 5 heteroatoms. The molecule has 0 aliphatic carbocycles. The monoisotopic (exact) mass is 316 g/mol. The zero-order chi connectivity index (χ0) is 16.8. The molecule has 124 valence electrons. The van der Waals surface area contributed by atoms with Crippen LogP contribution in [0, 0.1) is 6.92 Å². The number of furan rings is 1. The van der Waals surface area contributed by atoms with Gasteiger partial charge in [-0.15, -0.1) is 0 Å². The van der Waals surface area contributed by atoms with Crippen molar-refractivity contribution in [2.45, 2.75) is 33.2 Å². The Balaban J connectivity index is 2.15. The van der Waals surface area contributed by atoms with E-state index in [4.69, 9.17) is 9.52 Å². The molecule has 1 aromatic heterocycles. The second-order valence-corrected chi connectivity index (χ2v) is 5.48. The molecule has 2 aromatic rings. The van der Waals surface area contributed by atoms with Crippen molar-refractivity contribution < 1.29 is 14.3 Å². The summed E-state index contributed by atoms with van der Waals surface area (Å²) in [6.07, 6.45) is 0.867. The standard InChI is InChI=1S/C18H24N2O3/c1-4-14-8-9-17(23-14)13(3)20-16-7-5-6-15(12(16)2)18(22)19-10-11-21/h5-9,13,20-21H,4,10-11H2,1-3H3,(H,19,22). The van der Waals surface area contributed by atoms with Gasteiger partial charge in [0, 0.05) is 24.2 Å². The number of carbonyl (C=O) groups is 1. The van der Waals surface area contributed by atoms with Gasteiger partial charge in [-0.05, 0) is 43.7 Å². The predicted octanol–water partition coefficient (Wildman–Crippen LogP) is 3.05. The third-order valence-corrected chi connectivity index (χ3v) is 3.81. The van der Waals surface area contributed by atoms with Gasteiger partial charge >= 0.3 is 0 Å². The number of amides is 1. The number of rotatable bonds is 7. The van der Waals surface area contributed by atoms with E-state index in [2.05, 4.69) is 17.6 Å². The summed E-state index contributed by atoms with van der Waals surface area (Å²) in [6.45, 7) is 6.16. The second-order valence-electron chi connectivity index (χ2n) is 5.48. The third-order valence-electron chi connectivity index (χ3n) is 3.81. The van der Waals surface area contributed by atoms with Crippen LogP contribution in [0.1, 0.15) is 47.3 Å². The average Bonchev–Trinajstić information content (AvgIpc) is 3.03. The van der Waals surface area contributed by atoms with Crippen molar-refractivity contribution in [1.29, 1.82) is 0 Å². The average molecular weight is 316 g/mol. The lowest BCUT2D eigenvalue weighted by Gasteiger charge is -2.17. The summed E-state index contributed by atoms with van der Waals surface area (Å²) in [7, 11) is 0. The van der Waals surface area contributed by atoms with Gasteiger partial charge in [-0.1, -0.05) is 13.0 Å². The first-order chi connectivity index (χ1) is 11.1. The number of carbonyl (C=O) groups excluding carboxylic acids is 1. The van der Waals surface area contributed by atoms with E-state index in [1.54, 1.807) is 6.07 Å². The van der Waals surface area contributed by atoms with Crippen LogP contribution in [0.15, 0.2) is 34.7 Å². The van der Waals surface area contributed by atoms with E-state index in [1.807, 2.05) is 38.1 Å². The van der Waals surface area contributed by atoms with Crippen molar-refractivity contribution in [2.75, 3.05) is 18.5 Å². The Hall–Kier alpha value is -2.27. The maximum absolute atomic E-state index is 12.1. The van der Waals surface area contributed by atoms with Crippen molar-refractivity contribution in [3.8, 4) is 0 Å². The fraction of sp³-hybridized carbons (Fsp3) is 0.389. The lowest BCUT2D eigenvalue weighted by molar-refractivity contribution is 0.0944. The first-order valence-corrected chi connectivity index (χ1v) is 7.90. The van der Waals surface area contributed by atoms with Crippen LogP contribution in [0.3, 0.4) is 0 Å². The molecule has 1 aromatic carbocycles. The highest BCUT2D eigenvalue weighted by Crippen LogP contribution is 2.25. The molecular formula is C18H24N2O3. The van der Waals surface area contributed by atoms with Gasteiger partial charge in [0.05, 0.1) is 12.6 Å². The molecule has 5 nitrogen and oxygen atoms in total. The Morgan fingerprint density at radius 2 is 2.09 bits per heavy atom. The van der Waals surface area contributed by atoms with Gasteiger partial charge in [0.25, 0.3) is 5.91 Å². The zero-order valence-electron chi connectivity index (χ0n) is 13.8. The van der Waals surface area contributed by atoms with Crippen molar-refractivity contribution in [2.24, 2.45) is 0 Å². The van der Waals surface area contributed by atoms with Crippen LogP contribution in [0.2, 0.25) is 0 Å². The van der Waals surface area contributed by atoms with Gasteiger partial charge in [0.1, 0.15) is 11.5 Å². The van der Waals surface area contributed by atoms with Gasteiger partial charge in [-0.3, -0.25) is 4.79 Å². The van der Waals surface area contributed by atoms with Crippen LogP contribution < -0.4 is 10.6 Å². The predicted molar refractivity (Wildman–Crippen MR) is 90.7 cm³/mol. The normalized spacial score (nSPS) is 12.0. The minimum atomic E-state index is -0.181. The van der Waals surface area contributed by atoms with Crippen LogP contribution in [0.4, 0.5) is 5.69 Å². The van der Waals surface area contributed by atoms with E-state index in [9.17, 15) is 4.79 Å². The maximum atomic E-state index is 12.1. The van der Waals surface area contributed by atoms with E-state index in [-0.39, 0.29) is 25.1 Å². The topological polar surface area (TPSA) is 74.5 Å². The van der Waals surface area contributed by atoms with Gasteiger partial charge in [-0.2, -0.15) is 0 Å². The number of hydrogen-bond donors (Lipinski definition) is 3. The maximum Gasteiger partial charge on any atom is 0.251 e. The van der Waals surface area contributed by atoms with Crippen LogP contribution in [-0.4, -0.2) is 24.2 Å². The van der Waals surface area contributed by atoms with Crippen LogP contribution in [-0.2, 0) is 6.42 Å². The molecule has 1 unspecified atom stereocenters. The Morgan fingerprint density at radius 3 is 2.74 bits per heavy atom. The second kappa shape index (κ2) is 7.83. The third kappa shape index (κ3) is 4.13. The van der Waals surface area contributed by atoms with E-state index < -0.39 is 0 Å². The molecule has 0 bridgehead atoms. The molecule has 23 heavy (non-hydrogen) atoms. The van der Waals surface area contributed by atoms with E-state index in [0.29, 0.717) is 5.56 Å². The highest BCUT2D eigenvalue weighted by molar-refractivity contribution is 5.97. The summed E-state index contributed by atoms with van der Waals surface area (Å²) in [4.78, 5) is 12.1. The molecule has 0 radical (unpaired) electrons. The first-order valence-electron chi connectivity index (χ1n) is 7.90. The van der Waals surface area contributed by atoms with Crippen LogP contribution >= 0.6 is 0 Å². The van der Waals surface area contributed by atoms with Gasteiger partial charge < -0.3 is 20.2 Å². The molecule has 2 rings (SSSR count). The first kappa shape index (κ1) is 17.1. The number of anilines is 1. The summed E-state index contributed by atoms with van der Waals surface area (Å²) < 4.78 is 5.77. The fourth-order valence-corrected chi connectivity index (χ4v) is 2.42. The lowest BCUT2D eigenvalue weighted by atomic mass is 10.1. The molecule has 0 fully saturated rings. The molecule has 0 saturated heterocycles. The molecule has 1 atom stereocenters. The van der Waals surface area contributed by atoms with Crippen molar-refractivity contribution in [3.63, 3.8) is 0 Å². The van der Waals surface area contributed by atoms with E-state index in [1.165, 1.54) is 0 Å². The van der Waals surface area contributed by atoms with Crippen LogP contribution in [0.5, 0.6) is 0 Å². The van der Waals surface area contributed by atoms with Crippen molar-refractivity contribution in [3.05, 3.63) is 53.0 Å². The Labute approximate surface area is 136 Å². The van der Waals surface area contributed by atoms with Gasteiger partial charge in [0.15, 0.2) is 0 Å². The molecular weight excluding hydrogens is 292 g/mol. The number of aliphatic hydroxyl groups is 1. The lowest BCUT2D eigenvalue weighted by Crippen LogP contribution is -2.27. The Bertz CT molecular complexity index is 664. The molecule has 1 amide bonds. The minimum absolute atomic E-state index is 0.00440. The molecule has 1 heterocycles.